The van der Waals surface area contributed by atoms with Crippen LogP contribution in [0.1, 0.15) is 46.0 Å². The molecule has 14 heavy (non-hydrogen) atoms. The smallest absolute Gasteiger partial charge is 0.166 e. The quantitative estimate of drug-likeness (QED) is 0.505. The van der Waals surface area contributed by atoms with Crippen LogP contribution in [-0.2, 0) is 9.47 Å². The zero-order chi connectivity index (χ0) is 10.4. The van der Waals surface area contributed by atoms with Crippen molar-refractivity contribution < 1.29 is 9.47 Å². The molecule has 1 aliphatic rings. The molecule has 2 atom stereocenters. The van der Waals surface area contributed by atoms with Crippen molar-refractivity contribution in [1.29, 1.82) is 0 Å². The van der Waals surface area contributed by atoms with Crippen LogP contribution >= 0.6 is 11.6 Å². The Kier molecular flexibility index (Phi) is 5.21. The highest BCUT2D eigenvalue weighted by molar-refractivity contribution is 6.18. The Hall–Kier alpha value is 0.210. The van der Waals surface area contributed by atoms with Crippen LogP contribution in [0.15, 0.2) is 0 Å². The first-order valence-corrected chi connectivity index (χ1v) is 6.11. The number of ether oxygens (including phenoxy) is 2. The zero-order valence-corrected chi connectivity index (χ0v) is 9.98. The minimum Gasteiger partial charge on any atom is -0.347 e. The molecule has 1 rings (SSSR count). The van der Waals surface area contributed by atoms with Gasteiger partial charge in [0.15, 0.2) is 5.79 Å². The van der Waals surface area contributed by atoms with E-state index in [9.17, 15) is 0 Å². The van der Waals surface area contributed by atoms with E-state index in [0.29, 0.717) is 12.5 Å². The summed E-state index contributed by atoms with van der Waals surface area (Å²) in [7, 11) is 0. The molecule has 1 saturated heterocycles. The molecule has 0 spiro atoms. The van der Waals surface area contributed by atoms with Gasteiger partial charge in [0.05, 0.1) is 18.6 Å². The first-order chi connectivity index (χ1) is 6.70. The second kappa shape index (κ2) is 5.94. The maximum Gasteiger partial charge on any atom is 0.166 e. The highest BCUT2D eigenvalue weighted by Gasteiger charge is 2.35. The van der Waals surface area contributed by atoms with Gasteiger partial charge >= 0.3 is 0 Å². The monoisotopic (exact) mass is 220 g/mol. The fourth-order valence-corrected chi connectivity index (χ4v) is 1.92. The highest BCUT2D eigenvalue weighted by Crippen LogP contribution is 2.29. The summed E-state index contributed by atoms with van der Waals surface area (Å²) in [5, 5.41) is 0. The molecular weight excluding hydrogens is 200 g/mol. The Morgan fingerprint density at radius 3 is 2.71 bits per heavy atom. The van der Waals surface area contributed by atoms with Crippen LogP contribution in [0.2, 0.25) is 0 Å². The van der Waals surface area contributed by atoms with E-state index in [1.165, 1.54) is 25.7 Å². The standard InChI is InChI=1S/C11H21ClO2/c1-3-4-5-6-7-11(2)13-9-10(8-12)14-11/h10H,3-9H2,1-2H3/t10-,11+/m0/s1. The van der Waals surface area contributed by atoms with E-state index >= 15 is 0 Å². The number of rotatable bonds is 6. The van der Waals surface area contributed by atoms with Crippen LogP contribution in [0.4, 0.5) is 0 Å². The summed E-state index contributed by atoms with van der Waals surface area (Å²) >= 11 is 5.71. The molecule has 0 saturated carbocycles. The molecule has 0 aromatic heterocycles. The molecule has 1 fully saturated rings. The number of alkyl halides is 1. The van der Waals surface area contributed by atoms with Gasteiger partial charge < -0.3 is 9.47 Å². The minimum atomic E-state index is -0.368. The average molecular weight is 221 g/mol. The second-order valence-electron chi connectivity index (χ2n) is 4.15. The molecule has 84 valence electrons. The average Bonchev–Trinajstić information content (AvgIpc) is 2.56. The number of halogens is 1. The Balaban J connectivity index is 2.16. The normalized spacial score (nSPS) is 32.4. The summed E-state index contributed by atoms with van der Waals surface area (Å²) < 4.78 is 11.3. The predicted molar refractivity (Wildman–Crippen MR) is 58.7 cm³/mol. The van der Waals surface area contributed by atoms with Crippen molar-refractivity contribution in [3.63, 3.8) is 0 Å². The summed E-state index contributed by atoms with van der Waals surface area (Å²) in [4.78, 5) is 0. The largest absolute Gasteiger partial charge is 0.347 e. The van der Waals surface area contributed by atoms with Crippen molar-refractivity contribution >= 4 is 11.6 Å². The van der Waals surface area contributed by atoms with E-state index in [0.717, 1.165) is 6.42 Å². The molecule has 0 aromatic rings. The molecular formula is C11H21ClO2. The van der Waals surface area contributed by atoms with Gasteiger partial charge in [0.1, 0.15) is 0 Å². The summed E-state index contributed by atoms with van der Waals surface area (Å²) in [5.41, 5.74) is 0. The third kappa shape index (κ3) is 3.76. The van der Waals surface area contributed by atoms with Crippen LogP contribution in [0.25, 0.3) is 0 Å². The lowest BCUT2D eigenvalue weighted by Gasteiger charge is -2.22. The lowest BCUT2D eigenvalue weighted by Crippen LogP contribution is -2.26. The van der Waals surface area contributed by atoms with Gasteiger partial charge in [-0.15, -0.1) is 11.6 Å². The minimum absolute atomic E-state index is 0.0906. The van der Waals surface area contributed by atoms with E-state index < -0.39 is 0 Å². The fourth-order valence-electron chi connectivity index (χ4n) is 1.77. The Morgan fingerprint density at radius 2 is 2.14 bits per heavy atom. The van der Waals surface area contributed by atoms with E-state index in [1.54, 1.807) is 0 Å². The Bertz CT molecular complexity index is 163. The van der Waals surface area contributed by atoms with Gasteiger partial charge in [-0.05, 0) is 13.3 Å². The van der Waals surface area contributed by atoms with Crippen LogP contribution in [0, 0.1) is 0 Å². The van der Waals surface area contributed by atoms with Gasteiger partial charge in [0, 0.05) is 6.42 Å². The van der Waals surface area contributed by atoms with Crippen LogP contribution in [-0.4, -0.2) is 24.4 Å². The molecule has 3 heteroatoms. The molecule has 0 unspecified atom stereocenters. The summed E-state index contributed by atoms with van der Waals surface area (Å²) in [6.07, 6.45) is 6.09. The summed E-state index contributed by atoms with van der Waals surface area (Å²) in [6, 6.07) is 0. The van der Waals surface area contributed by atoms with Crippen molar-refractivity contribution in [1.82, 2.24) is 0 Å². The Labute approximate surface area is 91.9 Å². The van der Waals surface area contributed by atoms with E-state index in [2.05, 4.69) is 6.92 Å². The molecule has 1 aliphatic heterocycles. The van der Waals surface area contributed by atoms with Gasteiger partial charge in [-0.2, -0.15) is 0 Å². The van der Waals surface area contributed by atoms with E-state index in [1.807, 2.05) is 6.92 Å². The summed E-state index contributed by atoms with van der Waals surface area (Å²) in [6.45, 7) is 4.88. The number of hydrogen-bond acceptors (Lipinski definition) is 2. The summed E-state index contributed by atoms with van der Waals surface area (Å²) in [5.74, 6) is 0.165. The third-order valence-corrected chi connectivity index (χ3v) is 2.99. The van der Waals surface area contributed by atoms with Gasteiger partial charge in [-0.1, -0.05) is 26.2 Å². The van der Waals surface area contributed by atoms with Crippen molar-refractivity contribution in [2.45, 2.75) is 57.8 Å². The van der Waals surface area contributed by atoms with Gasteiger partial charge in [-0.3, -0.25) is 0 Å². The molecule has 0 N–H and O–H groups in total. The molecule has 0 aliphatic carbocycles. The van der Waals surface area contributed by atoms with Crippen LogP contribution in [0.5, 0.6) is 0 Å². The van der Waals surface area contributed by atoms with Gasteiger partial charge in [-0.25, -0.2) is 0 Å². The topological polar surface area (TPSA) is 18.5 Å². The molecule has 0 aromatic carbocycles. The van der Waals surface area contributed by atoms with Gasteiger partial charge in [0.2, 0.25) is 0 Å². The molecule has 2 nitrogen and oxygen atoms in total. The molecule has 1 heterocycles. The van der Waals surface area contributed by atoms with Crippen LogP contribution < -0.4 is 0 Å². The maximum absolute atomic E-state index is 5.72. The number of hydrogen-bond donors (Lipinski definition) is 0. The second-order valence-corrected chi connectivity index (χ2v) is 4.46. The molecule has 0 bridgehead atoms. The SMILES string of the molecule is CCCCCC[C@]1(C)OC[C@H](CCl)O1. The lowest BCUT2D eigenvalue weighted by molar-refractivity contribution is -0.156. The first kappa shape index (κ1) is 12.3. The van der Waals surface area contributed by atoms with E-state index in [-0.39, 0.29) is 11.9 Å². The molecule has 0 amide bonds. The molecule has 0 radical (unpaired) electrons. The van der Waals surface area contributed by atoms with Gasteiger partial charge in [0.25, 0.3) is 0 Å². The van der Waals surface area contributed by atoms with Crippen molar-refractivity contribution in [3.8, 4) is 0 Å². The van der Waals surface area contributed by atoms with Crippen molar-refractivity contribution in [2.75, 3.05) is 12.5 Å². The lowest BCUT2D eigenvalue weighted by atomic mass is 10.1. The maximum atomic E-state index is 5.72. The fraction of sp³-hybridized carbons (Fsp3) is 1.00. The zero-order valence-electron chi connectivity index (χ0n) is 9.22. The number of unbranched alkanes of at least 4 members (excludes halogenated alkanes) is 3. The highest BCUT2D eigenvalue weighted by atomic mass is 35.5. The third-order valence-electron chi connectivity index (χ3n) is 2.65. The van der Waals surface area contributed by atoms with Crippen molar-refractivity contribution in [3.05, 3.63) is 0 Å². The van der Waals surface area contributed by atoms with Crippen LogP contribution in [0.3, 0.4) is 0 Å². The van der Waals surface area contributed by atoms with E-state index in [4.69, 9.17) is 21.1 Å². The Morgan fingerprint density at radius 1 is 1.36 bits per heavy atom. The van der Waals surface area contributed by atoms with Crippen molar-refractivity contribution in [2.24, 2.45) is 0 Å². The predicted octanol–water partition coefficient (Wildman–Crippen LogP) is 3.33. The first-order valence-electron chi connectivity index (χ1n) is 5.58.